The first kappa shape index (κ1) is 14.2. The van der Waals surface area contributed by atoms with Gasteiger partial charge in [0.15, 0.2) is 5.52 Å². The van der Waals surface area contributed by atoms with Gasteiger partial charge in [-0.1, -0.05) is 6.07 Å². The molecule has 3 aromatic rings. The van der Waals surface area contributed by atoms with Crippen molar-refractivity contribution in [2.45, 2.75) is 11.4 Å². The second kappa shape index (κ2) is 5.54. The molecule has 0 aliphatic carbocycles. The van der Waals surface area contributed by atoms with Crippen molar-refractivity contribution in [1.29, 1.82) is 0 Å². The molecule has 21 heavy (non-hydrogen) atoms. The second-order valence-electron chi connectivity index (χ2n) is 4.21. The quantitative estimate of drug-likeness (QED) is 0.721. The van der Waals surface area contributed by atoms with E-state index >= 15 is 0 Å². The minimum atomic E-state index is -3.69. The molecule has 8 nitrogen and oxygen atoms in total. The lowest BCUT2D eigenvalue weighted by Crippen LogP contribution is -2.27. The molecule has 0 amide bonds. The fraction of sp³-hybridized carbons (Fsp3) is 0.182. The molecule has 0 saturated heterocycles. The summed E-state index contributed by atoms with van der Waals surface area (Å²) in [7, 11) is -3.69. The van der Waals surface area contributed by atoms with E-state index in [1.54, 1.807) is 29.2 Å². The number of fused-ring (bicyclic) bond motifs is 1. The van der Waals surface area contributed by atoms with E-state index in [1.807, 2.05) is 0 Å². The van der Waals surface area contributed by atoms with Gasteiger partial charge in [0.1, 0.15) is 10.4 Å². The van der Waals surface area contributed by atoms with E-state index in [0.717, 1.165) is 4.47 Å². The molecule has 1 aromatic carbocycles. The van der Waals surface area contributed by atoms with Crippen LogP contribution in [0.2, 0.25) is 0 Å². The summed E-state index contributed by atoms with van der Waals surface area (Å²) in [5.74, 6) is 0. The normalized spacial score (nSPS) is 12.0. The summed E-state index contributed by atoms with van der Waals surface area (Å²) in [4.78, 5) is 0.0443. The standard InChI is InChI=1S/C11H10BrN5O3S/c12-8-6-13-17(7-8)5-4-14-21(18,19)10-3-1-2-9-11(10)16-20-15-9/h1-3,6-7,14H,4-5H2. The molecule has 2 heterocycles. The van der Waals surface area contributed by atoms with E-state index in [4.69, 9.17) is 0 Å². The molecule has 10 heteroatoms. The summed E-state index contributed by atoms with van der Waals surface area (Å²) in [6.45, 7) is 0.621. The summed E-state index contributed by atoms with van der Waals surface area (Å²) in [5, 5.41) is 11.3. The van der Waals surface area contributed by atoms with E-state index in [0.29, 0.717) is 12.1 Å². The van der Waals surface area contributed by atoms with Crippen LogP contribution in [-0.4, -0.2) is 35.1 Å². The highest BCUT2D eigenvalue weighted by Crippen LogP contribution is 2.19. The van der Waals surface area contributed by atoms with E-state index in [1.165, 1.54) is 6.07 Å². The first-order valence-corrected chi connectivity index (χ1v) is 8.23. The molecule has 2 aromatic heterocycles. The Morgan fingerprint density at radius 1 is 1.33 bits per heavy atom. The number of aromatic nitrogens is 4. The lowest BCUT2D eigenvalue weighted by molar-refractivity contribution is 0.315. The molecular formula is C11H10BrN5O3S. The van der Waals surface area contributed by atoms with Gasteiger partial charge in [-0.25, -0.2) is 17.8 Å². The highest BCUT2D eigenvalue weighted by molar-refractivity contribution is 9.10. The SMILES string of the molecule is O=S(=O)(NCCn1cc(Br)cn1)c1cccc2nonc12. The van der Waals surface area contributed by atoms with Crippen LogP contribution in [0.4, 0.5) is 0 Å². The van der Waals surface area contributed by atoms with Crippen LogP contribution < -0.4 is 4.72 Å². The Labute approximate surface area is 128 Å². The van der Waals surface area contributed by atoms with E-state index in [9.17, 15) is 8.42 Å². The van der Waals surface area contributed by atoms with Crippen LogP contribution in [0.15, 0.2) is 44.6 Å². The van der Waals surface area contributed by atoms with Crippen molar-refractivity contribution >= 4 is 37.0 Å². The maximum absolute atomic E-state index is 12.3. The van der Waals surface area contributed by atoms with E-state index in [-0.39, 0.29) is 17.0 Å². The number of rotatable bonds is 5. The van der Waals surface area contributed by atoms with E-state index in [2.05, 4.69) is 40.7 Å². The first-order chi connectivity index (χ1) is 10.1. The van der Waals surface area contributed by atoms with Gasteiger partial charge in [-0.2, -0.15) is 5.10 Å². The number of sulfonamides is 1. The Hall–Kier alpha value is -1.78. The molecule has 110 valence electrons. The molecule has 0 saturated carbocycles. The monoisotopic (exact) mass is 371 g/mol. The van der Waals surface area contributed by atoms with Crippen molar-refractivity contribution in [1.82, 2.24) is 24.8 Å². The van der Waals surface area contributed by atoms with Gasteiger partial charge in [0.05, 0.1) is 17.2 Å². The third-order valence-corrected chi connectivity index (χ3v) is 4.68. The molecular weight excluding hydrogens is 362 g/mol. The van der Waals surface area contributed by atoms with Crippen molar-refractivity contribution < 1.29 is 13.0 Å². The smallest absolute Gasteiger partial charge is 0.242 e. The zero-order valence-electron chi connectivity index (χ0n) is 10.6. The van der Waals surface area contributed by atoms with Crippen molar-refractivity contribution in [3.63, 3.8) is 0 Å². The van der Waals surface area contributed by atoms with Gasteiger partial charge in [-0.15, -0.1) is 0 Å². The molecule has 0 atom stereocenters. The van der Waals surface area contributed by atoms with Crippen LogP contribution >= 0.6 is 15.9 Å². The summed E-state index contributed by atoms with van der Waals surface area (Å²) in [5.41, 5.74) is 0.612. The molecule has 1 N–H and O–H groups in total. The fourth-order valence-electron chi connectivity index (χ4n) is 1.83. The molecule has 0 fully saturated rings. The lowest BCUT2D eigenvalue weighted by atomic mass is 10.3. The molecule has 0 radical (unpaired) electrons. The van der Waals surface area contributed by atoms with Gasteiger partial charge in [-0.05, 0) is 38.4 Å². The van der Waals surface area contributed by atoms with Crippen LogP contribution in [0.5, 0.6) is 0 Å². The number of hydrogen-bond acceptors (Lipinski definition) is 6. The van der Waals surface area contributed by atoms with Crippen molar-refractivity contribution in [3.8, 4) is 0 Å². The molecule has 0 aliphatic rings. The van der Waals surface area contributed by atoms with Gasteiger partial charge in [-0.3, -0.25) is 4.68 Å². The third kappa shape index (κ3) is 2.96. The first-order valence-electron chi connectivity index (χ1n) is 5.95. The maximum Gasteiger partial charge on any atom is 0.242 e. The van der Waals surface area contributed by atoms with Crippen molar-refractivity contribution in [2.24, 2.45) is 0 Å². The largest absolute Gasteiger partial charge is 0.270 e. The average Bonchev–Trinajstić information content (AvgIpc) is 3.06. The van der Waals surface area contributed by atoms with Gasteiger partial charge < -0.3 is 0 Å². The van der Waals surface area contributed by atoms with Gasteiger partial charge in [0, 0.05) is 12.7 Å². The van der Waals surface area contributed by atoms with Crippen molar-refractivity contribution in [2.75, 3.05) is 6.54 Å². The molecule has 0 spiro atoms. The Morgan fingerprint density at radius 3 is 2.95 bits per heavy atom. The van der Waals surface area contributed by atoms with E-state index < -0.39 is 10.0 Å². The predicted octanol–water partition coefficient (Wildman–Crippen LogP) is 1.16. The number of benzene rings is 1. The Bertz CT molecular complexity index is 873. The van der Waals surface area contributed by atoms with Crippen molar-refractivity contribution in [3.05, 3.63) is 35.1 Å². The topological polar surface area (TPSA) is 103 Å². The number of nitrogens with one attached hydrogen (secondary N) is 1. The zero-order chi connectivity index (χ0) is 14.9. The summed E-state index contributed by atoms with van der Waals surface area (Å²) >= 11 is 3.28. The summed E-state index contributed by atoms with van der Waals surface area (Å²) in [6, 6.07) is 4.68. The number of hydrogen-bond donors (Lipinski definition) is 1. The predicted molar refractivity (Wildman–Crippen MR) is 76.9 cm³/mol. The highest BCUT2D eigenvalue weighted by Gasteiger charge is 2.19. The van der Waals surface area contributed by atoms with Crippen LogP contribution in [0.3, 0.4) is 0 Å². The third-order valence-electron chi connectivity index (χ3n) is 2.77. The average molecular weight is 372 g/mol. The fourth-order valence-corrected chi connectivity index (χ4v) is 3.33. The molecule has 0 bridgehead atoms. The maximum atomic E-state index is 12.3. The van der Waals surface area contributed by atoms with Gasteiger partial charge in [0.25, 0.3) is 0 Å². The van der Waals surface area contributed by atoms with Crippen LogP contribution in [-0.2, 0) is 16.6 Å². The Kier molecular flexibility index (Phi) is 3.74. The molecule has 3 rings (SSSR count). The van der Waals surface area contributed by atoms with Gasteiger partial charge in [0.2, 0.25) is 10.0 Å². The summed E-state index contributed by atoms with van der Waals surface area (Å²) in [6.07, 6.45) is 3.40. The lowest BCUT2D eigenvalue weighted by Gasteiger charge is -2.06. The van der Waals surface area contributed by atoms with Crippen LogP contribution in [0.1, 0.15) is 0 Å². The van der Waals surface area contributed by atoms with Crippen LogP contribution in [0, 0.1) is 0 Å². The Morgan fingerprint density at radius 2 is 2.19 bits per heavy atom. The Balaban J connectivity index is 1.76. The zero-order valence-corrected chi connectivity index (χ0v) is 13.0. The minimum absolute atomic E-state index is 0.0443. The number of halogens is 1. The number of nitrogens with zero attached hydrogens (tertiary/aromatic N) is 4. The molecule has 0 aliphatic heterocycles. The second-order valence-corrected chi connectivity index (χ2v) is 6.86. The minimum Gasteiger partial charge on any atom is -0.270 e. The van der Waals surface area contributed by atoms with Crippen LogP contribution in [0.25, 0.3) is 11.0 Å². The molecule has 0 unspecified atom stereocenters. The highest BCUT2D eigenvalue weighted by atomic mass is 79.9. The van der Waals surface area contributed by atoms with Gasteiger partial charge >= 0.3 is 0 Å². The summed E-state index contributed by atoms with van der Waals surface area (Å²) < 4.78 is 34.1.